The fourth-order valence-electron chi connectivity index (χ4n) is 3.88. The van der Waals surface area contributed by atoms with E-state index in [0.717, 1.165) is 16.7 Å². The Bertz CT molecular complexity index is 997. The molecule has 2 aromatic rings. The number of rotatable bonds is 8. The Balaban J connectivity index is 1.49. The minimum absolute atomic E-state index is 0.0973. The van der Waals surface area contributed by atoms with Crippen LogP contribution in [0.25, 0.3) is 0 Å². The summed E-state index contributed by atoms with van der Waals surface area (Å²) < 4.78 is 11.0. The molecule has 0 saturated carbocycles. The number of amides is 2. The number of benzene rings is 2. The number of likely N-dealkylation sites (tertiary alicyclic amines) is 1. The zero-order chi connectivity index (χ0) is 23.3. The van der Waals surface area contributed by atoms with Gasteiger partial charge in [-0.15, -0.1) is 0 Å². The smallest absolute Gasteiger partial charge is 0.257 e. The Morgan fingerprint density at radius 2 is 1.81 bits per heavy atom. The molecule has 0 spiro atoms. The van der Waals surface area contributed by atoms with E-state index in [1.54, 1.807) is 17.0 Å². The van der Waals surface area contributed by atoms with E-state index in [9.17, 15) is 14.4 Å². The highest BCUT2D eigenvalue weighted by Crippen LogP contribution is 2.25. The summed E-state index contributed by atoms with van der Waals surface area (Å²) in [5.41, 5.74) is 3.38. The van der Waals surface area contributed by atoms with Gasteiger partial charge in [0.05, 0.1) is 25.1 Å². The Hall–Kier alpha value is -3.35. The van der Waals surface area contributed by atoms with E-state index in [4.69, 9.17) is 9.47 Å². The van der Waals surface area contributed by atoms with Gasteiger partial charge >= 0.3 is 0 Å². The molecule has 32 heavy (non-hydrogen) atoms. The van der Waals surface area contributed by atoms with E-state index in [0.29, 0.717) is 36.6 Å². The maximum atomic E-state index is 12.9. The third kappa shape index (κ3) is 5.46. The third-order valence-electron chi connectivity index (χ3n) is 5.68. The molecular weight excluding hydrogens is 408 g/mol. The number of nitrogens with one attached hydrogen (secondary N) is 1. The number of methoxy groups -OCH3 is 1. The van der Waals surface area contributed by atoms with Crippen LogP contribution < -0.4 is 14.8 Å². The molecule has 170 valence electrons. The molecular formula is C25H30N2O5. The van der Waals surface area contributed by atoms with Crippen molar-refractivity contribution in [3.63, 3.8) is 0 Å². The number of ether oxygens (including phenoxy) is 2. The summed E-state index contributed by atoms with van der Waals surface area (Å²) in [6, 6.07) is 11.2. The predicted molar refractivity (Wildman–Crippen MR) is 121 cm³/mol. The second-order valence-corrected chi connectivity index (χ2v) is 8.21. The summed E-state index contributed by atoms with van der Waals surface area (Å²) >= 11 is 0. The Kier molecular flexibility index (Phi) is 7.51. The standard InChI is InChI=1S/C25H30N2O5/c1-16-8-9-22(31-4)21(12-16)25(30)27-11-10-19(14-27)24(29)26-13-20(28)15-32-23-17(2)6-5-7-18(23)3/h5-9,12,19H,10-11,13-15H2,1-4H3,(H,26,29)/t19-/m0/s1. The summed E-state index contributed by atoms with van der Waals surface area (Å²) in [7, 11) is 1.53. The summed E-state index contributed by atoms with van der Waals surface area (Å²) in [6.45, 7) is 6.36. The van der Waals surface area contributed by atoms with Crippen LogP contribution in [0.15, 0.2) is 36.4 Å². The van der Waals surface area contributed by atoms with Crippen molar-refractivity contribution in [3.8, 4) is 11.5 Å². The molecule has 7 nitrogen and oxygen atoms in total. The van der Waals surface area contributed by atoms with Crippen molar-refractivity contribution in [1.29, 1.82) is 0 Å². The highest BCUT2D eigenvalue weighted by Gasteiger charge is 2.32. The molecule has 2 amide bonds. The summed E-state index contributed by atoms with van der Waals surface area (Å²) in [5.74, 6) is 0.279. The maximum absolute atomic E-state index is 12.9. The van der Waals surface area contributed by atoms with Gasteiger partial charge in [-0.25, -0.2) is 0 Å². The molecule has 0 aromatic heterocycles. The molecule has 0 bridgehead atoms. The number of hydrogen-bond donors (Lipinski definition) is 1. The van der Waals surface area contributed by atoms with Gasteiger partial charge in [0.2, 0.25) is 5.91 Å². The number of Topliss-reactive ketones (excluding diaryl/α,β-unsaturated/α-hetero) is 1. The van der Waals surface area contributed by atoms with Crippen LogP contribution in [0.3, 0.4) is 0 Å². The highest BCUT2D eigenvalue weighted by molar-refractivity contribution is 5.98. The first-order valence-corrected chi connectivity index (χ1v) is 10.7. The zero-order valence-electron chi connectivity index (χ0n) is 19.1. The third-order valence-corrected chi connectivity index (χ3v) is 5.68. The van der Waals surface area contributed by atoms with Gasteiger partial charge in [-0.2, -0.15) is 0 Å². The Labute approximate surface area is 188 Å². The van der Waals surface area contributed by atoms with Crippen LogP contribution in [0.5, 0.6) is 11.5 Å². The summed E-state index contributed by atoms with van der Waals surface area (Å²) in [6.07, 6.45) is 0.554. The second kappa shape index (κ2) is 10.3. The largest absolute Gasteiger partial charge is 0.496 e. The highest BCUT2D eigenvalue weighted by atomic mass is 16.5. The minimum atomic E-state index is -0.345. The molecule has 0 aliphatic carbocycles. The topological polar surface area (TPSA) is 84.9 Å². The molecule has 0 radical (unpaired) electrons. The van der Waals surface area contributed by atoms with Crippen molar-refractivity contribution in [2.45, 2.75) is 27.2 Å². The first-order chi connectivity index (χ1) is 15.3. The van der Waals surface area contributed by atoms with Gasteiger partial charge < -0.3 is 19.7 Å². The molecule has 1 N–H and O–H groups in total. The van der Waals surface area contributed by atoms with Crippen molar-refractivity contribution in [2.24, 2.45) is 5.92 Å². The molecule has 3 rings (SSSR count). The average Bonchev–Trinajstić information content (AvgIpc) is 3.27. The lowest BCUT2D eigenvalue weighted by atomic mass is 10.1. The Morgan fingerprint density at radius 3 is 2.50 bits per heavy atom. The van der Waals surface area contributed by atoms with E-state index in [1.807, 2.05) is 45.0 Å². The van der Waals surface area contributed by atoms with Crippen LogP contribution >= 0.6 is 0 Å². The van der Waals surface area contributed by atoms with E-state index >= 15 is 0 Å². The molecule has 1 fully saturated rings. The van der Waals surface area contributed by atoms with Crippen LogP contribution in [-0.2, 0) is 9.59 Å². The molecule has 1 atom stereocenters. The van der Waals surface area contributed by atoms with E-state index < -0.39 is 0 Å². The van der Waals surface area contributed by atoms with Crippen molar-refractivity contribution in [3.05, 3.63) is 58.7 Å². The van der Waals surface area contributed by atoms with E-state index in [2.05, 4.69) is 5.32 Å². The van der Waals surface area contributed by atoms with Gasteiger partial charge in [0, 0.05) is 13.1 Å². The van der Waals surface area contributed by atoms with Crippen molar-refractivity contribution in [1.82, 2.24) is 10.2 Å². The first kappa shape index (κ1) is 23.3. The molecule has 7 heteroatoms. The van der Waals surface area contributed by atoms with Gasteiger partial charge in [-0.3, -0.25) is 14.4 Å². The number of hydrogen-bond acceptors (Lipinski definition) is 5. The van der Waals surface area contributed by atoms with Crippen LogP contribution in [0, 0.1) is 26.7 Å². The van der Waals surface area contributed by atoms with Crippen LogP contribution in [0.4, 0.5) is 0 Å². The summed E-state index contributed by atoms with van der Waals surface area (Å²) in [4.78, 5) is 39.3. The number of aryl methyl sites for hydroxylation is 3. The minimum Gasteiger partial charge on any atom is -0.496 e. The maximum Gasteiger partial charge on any atom is 0.257 e. The average molecular weight is 439 g/mol. The van der Waals surface area contributed by atoms with E-state index in [1.165, 1.54) is 7.11 Å². The van der Waals surface area contributed by atoms with Crippen LogP contribution in [-0.4, -0.2) is 55.8 Å². The van der Waals surface area contributed by atoms with Gasteiger partial charge in [0.1, 0.15) is 18.1 Å². The molecule has 1 saturated heterocycles. The number of carbonyl (C=O) groups excluding carboxylic acids is 3. The van der Waals surface area contributed by atoms with Crippen molar-refractivity contribution in [2.75, 3.05) is 33.4 Å². The number of para-hydroxylation sites is 1. The molecule has 2 aromatic carbocycles. The molecule has 1 aliphatic rings. The van der Waals surface area contributed by atoms with Crippen LogP contribution in [0.1, 0.15) is 33.5 Å². The normalized spacial score (nSPS) is 15.4. The van der Waals surface area contributed by atoms with E-state index in [-0.39, 0.29) is 36.7 Å². The SMILES string of the molecule is COc1ccc(C)cc1C(=O)N1CC[C@H](C(=O)NCC(=O)COc2c(C)cccc2C)C1. The lowest BCUT2D eigenvalue weighted by Crippen LogP contribution is -2.38. The predicted octanol–water partition coefficient (Wildman–Crippen LogP) is 2.85. The fraction of sp³-hybridized carbons (Fsp3) is 0.400. The lowest BCUT2D eigenvalue weighted by molar-refractivity contribution is -0.128. The summed E-state index contributed by atoms with van der Waals surface area (Å²) in [5, 5.41) is 2.69. The first-order valence-electron chi connectivity index (χ1n) is 10.7. The van der Waals surface area contributed by atoms with Crippen LogP contribution in [0.2, 0.25) is 0 Å². The lowest BCUT2D eigenvalue weighted by Gasteiger charge is -2.18. The van der Waals surface area contributed by atoms with Gasteiger partial charge in [-0.05, 0) is 50.5 Å². The Morgan fingerprint density at radius 1 is 1.09 bits per heavy atom. The monoisotopic (exact) mass is 438 g/mol. The van der Waals surface area contributed by atoms with Crippen molar-refractivity contribution >= 4 is 17.6 Å². The van der Waals surface area contributed by atoms with Gasteiger partial charge in [-0.1, -0.05) is 29.8 Å². The quantitative estimate of drug-likeness (QED) is 0.685. The zero-order valence-corrected chi connectivity index (χ0v) is 19.1. The fourth-order valence-corrected chi connectivity index (χ4v) is 3.88. The second-order valence-electron chi connectivity index (χ2n) is 8.21. The number of carbonyl (C=O) groups is 3. The molecule has 1 heterocycles. The molecule has 0 unspecified atom stereocenters. The number of nitrogens with zero attached hydrogens (tertiary/aromatic N) is 1. The molecule has 1 aliphatic heterocycles. The van der Waals surface area contributed by atoms with Crippen molar-refractivity contribution < 1.29 is 23.9 Å². The number of ketones is 1. The van der Waals surface area contributed by atoms with Gasteiger partial charge in [0.15, 0.2) is 5.78 Å². The van der Waals surface area contributed by atoms with Gasteiger partial charge in [0.25, 0.3) is 5.91 Å².